The Morgan fingerprint density at radius 3 is 2.38 bits per heavy atom. The van der Waals surface area contributed by atoms with Crippen molar-refractivity contribution in [2.75, 3.05) is 18.0 Å². The number of amides is 2. The van der Waals surface area contributed by atoms with E-state index in [1.165, 1.54) is 0 Å². The minimum atomic E-state index is -0.784. The van der Waals surface area contributed by atoms with E-state index in [2.05, 4.69) is 5.32 Å². The summed E-state index contributed by atoms with van der Waals surface area (Å²) in [6.45, 7) is -0.376. The Bertz CT molecular complexity index is 442. The lowest BCUT2D eigenvalue weighted by Crippen LogP contribution is -2.51. The van der Waals surface area contributed by atoms with Gasteiger partial charge in [0.05, 0.1) is 12.2 Å². The molecule has 1 aliphatic rings. The smallest absolute Gasteiger partial charge is 0.246 e. The van der Waals surface area contributed by atoms with Gasteiger partial charge in [-0.2, -0.15) is 0 Å². The van der Waals surface area contributed by atoms with E-state index in [4.69, 9.17) is 0 Å². The largest absolute Gasteiger partial charge is 0.345 e. The quantitative estimate of drug-likeness (QED) is 0.754. The maximum absolute atomic E-state index is 12.9. The Balaban J connectivity index is 2.34. The van der Waals surface area contributed by atoms with Crippen LogP contribution in [0.2, 0.25) is 0 Å². The molecule has 2 amide bonds. The first kappa shape index (κ1) is 10.5. The number of halogens is 2. The van der Waals surface area contributed by atoms with Crippen LogP contribution < -0.4 is 10.2 Å². The number of hydrogen-bond donors (Lipinski definition) is 1. The van der Waals surface area contributed by atoms with Crippen molar-refractivity contribution in [2.45, 2.75) is 0 Å². The molecule has 0 atom stereocenters. The van der Waals surface area contributed by atoms with Crippen molar-refractivity contribution in [2.24, 2.45) is 0 Å². The van der Waals surface area contributed by atoms with E-state index in [1.54, 1.807) is 0 Å². The van der Waals surface area contributed by atoms with E-state index in [1.807, 2.05) is 0 Å². The summed E-state index contributed by atoms with van der Waals surface area (Å²) >= 11 is 0. The maximum atomic E-state index is 12.9. The van der Waals surface area contributed by atoms with Gasteiger partial charge in [-0.15, -0.1) is 0 Å². The zero-order valence-electron chi connectivity index (χ0n) is 8.17. The highest BCUT2D eigenvalue weighted by molar-refractivity contribution is 6.04. The van der Waals surface area contributed by atoms with E-state index in [0.29, 0.717) is 6.07 Å². The molecule has 0 spiro atoms. The fourth-order valence-electron chi connectivity index (χ4n) is 1.49. The Labute approximate surface area is 89.8 Å². The van der Waals surface area contributed by atoms with Crippen LogP contribution in [0.15, 0.2) is 18.2 Å². The van der Waals surface area contributed by atoms with Gasteiger partial charge in [0, 0.05) is 6.07 Å². The molecule has 84 valence electrons. The second-order valence-corrected chi connectivity index (χ2v) is 3.38. The molecule has 0 unspecified atom stereocenters. The van der Waals surface area contributed by atoms with Gasteiger partial charge in [-0.3, -0.25) is 9.59 Å². The number of benzene rings is 1. The Morgan fingerprint density at radius 2 is 1.75 bits per heavy atom. The first-order valence-electron chi connectivity index (χ1n) is 4.59. The third kappa shape index (κ3) is 2.00. The average Bonchev–Trinajstić information content (AvgIpc) is 2.20. The van der Waals surface area contributed by atoms with Crippen molar-refractivity contribution in [1.29, 1.82) is 0 Å². The summed E-state index contributed by atoms with van der Waals surface area (Å²) in [4.78, 5) is 23.5. The summed E-state index contributed by atoms with van der Waals surface area (Å²) in [5.74, 6) is -2.32. The molecule has 0 bridgehead atoms. The van der Waals surface area contributed by atoms with Crippen LogP contribution in [-0.2, 0) is 9.59 Å². The second kappa shape index (κ2) is 3.88. The van der Waals surface area contributed by atoms with Gasteiger partial charge in [0.1, 0.15) is 18.2 Å². The SMILES string of the molecule is O=C1CN(c2cc(F)cc(F)c2)C(=O)CN1. The summed E-state index contributed by atoms with van der Waals surface area (Å²) in [6, 6.07) is 2.73. The van der Waals surface area contributed by atoms with E-state index < -0.39 is 17.5 Å². The zero-order chi connectivity index (χ0) is 11.7. The summed E-state index contributed by atoms with van der Waals surface area (Å²) < 4.78 is 25.9. The summed E-state index contributed by atoms with van der Waals surface area (Å²) in [7, 11) is 0. The monoisotopic (exact) mass is 226 g/mol. The molecule has 1 fully saturated rings. The molecule has 1 aliphatic heterocycles. The van der Waals surface area contributed by atoms with Gasteiger partial charge in [0.15, 0.2) is 0 Å². The molecule has 4 nitrogen and oxygen atoms in total. The lowest BCUT2D eigenvalue weighted by Gasteiger charge is -2.26. The molecule has 1 aromatic carbocycles. The predicted octanol–water partition coefficient (Wildman–Crippen LogP) is 0.428. The molecule has 0 radical (unpaired) electrons. The van der Waals surface area contributed by atoms with Gasteiger partial charge < -0.3 is 10.2 Å². The van der Waals surface area contributed by atoms with Crippen LogP contribution in [0.1, 0.15) is 0 Å². The lowest BCUT2D eigenvalue weighted by atomic mass is 10.2. The number of piperazine rings is 1. The van der Waals surface area contributed by atoms with Crippen molar-refractivity contribution in [3.8, 4) is 0 Å². The first-order chi connectivity index (χ1) is 7.56. The first-order valence-corrected chi connectivity index (χ1v) is 4.59. The molecule has 1 aromatic rings. The molecule has 0 saturated carbocycles. The van der Waals surface area contributed by atoms with Crippen molar-refractivity contribution in [1.82, 2.24) is 5.32 Å². The third-order valence-electron chi connectivity index (χ3n) is 2.20. The van der Waals surface area contributed by atoms with Crippen LogP contribution in [-0.4, -0.2) is 24.9 Å². The van der Waals surface area contributed by atoms with E-state index >= 15 is 0 Å². The third-order valence-corrected chi connectivity index (χ3v) is 2.20. The van der Waals surface area contributed by atoms with E-state index in [9.17, 15) is 18.4 Å². The predicted molar refractivity (Wildman–Crippen MR) is 51.7 cm³/mol. The molecule has 1 heterocycles. The number of anilines is 1. The molecule has 16 heavy (non-hydrogen) atoms. The van der Waals surface area contributed by atoms with Crippen molar-refractivity contribution >= 4 is 17.5 Å². The highest BCUT2D eigenvalue weighted by Gasteiger charge is 2.24. The fraction of sp³-hybridized carbons (Fsp3) is 0.200. The highest BCUT2D eigenvalue weighted by atomic mass is 19.1. The maximum Gasteiger partial charge on any atom is 0.246 e. The van der Waals surface area contributed by atoms with Gasteiger partial charge in [0.2, 0.25) is 11.8 Å². The minimum absolute atomic E-state index is 0.0531. The number of nitrogens with zero attached hydrogens (tertiary/aromatic N) is 1. The van der Waals surface area contributed by atoms with Gasteiger partial charge in [0.25, 0.3) is 0 Å². The summed E-state index contributed by atoms with van der Waals surface area (Å²) in [5.41, 5.74) is 0.0531. The Kier molecular flexibility index (Phi) is 2.55. The minimum Gasteiger partial charge on any atom is -0.345 e. The Hall–Kier alpha value is -1.98. The zero-order valence-corrected chi connectivity index (χ0v) is 8.17. The van der Waals surface area contributed by atoms with Crippen molar-refractivity contribution in [3.63, 3.8) is 0 Å². The summed E-state index contributed by atoms with van der Waals surface area (Å²) in [5, 5.41) is 2.34. The standard InChI is InChI=1S/C10H8F2N2O2/c11-6-1-7(12)3-8(2-6)14-5-9(15)13-4-10(14)16/h1-3H,4-5H2,(H,13,15). The van der Waals surface area contributed by atoms with Crippen LogP contribution >= 0.6 is 0 Å². The number of carbonyl (C=O) groups is 2. The van der Waals surface area contributed by atoms with Crippen LogP contribution in [0, 0.1) is 11.6 Å². The molecule has 1 N–H and O–H groups in total. The molecular formula is C10H8F2N2O2. The fourth-order valence-corrected chi connectivity index (χ4v) is 1.49. The number of rotatable bonds is 1. The average molecular weight is 226 g/mol. The van der Waals surface area contributed by atoms with Gasteiger partial charge in [-0.05, 0) is 12.1 Å². The number of carbonyl (C=O) groups excluding carboxylic acids is 2. The lowest BCUT2D eigenvalue weighted by molar-refractivity contribution is -0.128. The van der Waals surface area contributed by atoms with Gasteiger partial charge in [-0.25, -0.2) is 8.78 Å². The molecule has 1 saturated heterocycles. The highest BCUT2D eigenvalue weighted by Crippen LogP contribution is 2.18. The van der Waals surface area contributed by atoms with Crippen LogP contribution in [0.5, 0.6) is 0 Å². The van der Waals surface area contributed by atoms with Crippen LogP contribution in [0.3, 0.4) is 0 Å². The molecule has 0 aliphatic carbocycles. The Morgan fingerprint density at radius 1 is 1.12 bits per heavy atom. The van der Waals surface area contributed by atoms with Crippen molar-refractivity contribution < 1.29 is 18.4 Å². The molecule has 2 rings (SSSR count). The van der Waals surface area contributed by atoms with Gasteiger partial charge >= 0.3 is 0 Å². The van der Waals surface area contributed by atoms with Crippen LogP contribution in [0.25, 0.3) is 0 Å². The van der Waals surface area contributed by atoms with Gasteiger partial charge in [-0.1, -0.05) is 0 Å². The molecule has 6 heteroatoms. The normalized spacial score (nSPS) is 16.2. The summed E-state index contributed by atoms with van der Waals surface area (Å²) in [6.07, 6.45) is 0. The van der Waals surface area contributed by atoms with E-state index in [-0.39, 0.29) is 24.7 Å². The number of nitrogens with one attached hydrogen (secondary N) is 1. The van der Waals surface area contributed by atoms with Crippen LogP contribution in [0.4, 0.5) is 14.5 Å². The topological polar surface area (TPSA) is 49.4 Å². The van der Waals surface area contributed by atoms with Crippen molar-refractivity contribution in [3.05, 3.63) is 29.8 Å². The van der Waals surface area contributed by atoms with E-state index in [0.717, 1.165) is 17.0 Å². The molecule has 0 aromatic heterocycles. The number of hydrogen-bond acceptors (Lipinski definition) is 2. The molecular weight excluding hydrogens is 218 g/mol. The second-order valence-electron chi connectivity index (χ2n) is 3.38.